The van der Waals surface area contributed by atoms with Crippen LogP contribution in [0, 0.1) is 0 Å². The molecule has 1 heterocycles. The van der Waals surface area contributed by atoms with E-state index in [0.717, 1.165) is 43.3 Å². The van der Waals surface area contributed by atoms with Gasteiger partial charge < -0.3 is 5.11 Å². The maximum atomic E-state index is 13.0. The number of hydrogen-bond acceptors (Lipinski definition) is 3. The zero-order valence-electron chi connectivity index (χ0n) is 13.5. The number of carbonyl (C=O) groups is 2. The van der Waals surface area contributed by atoms with Gasteiger partial charge in [-0.15, -0.1) is 0 Å². The number of carbonyl (C=O) groups excluding carboxylic acids is 2. The van der Waals surface area contributed by atoms with E-state index in [4.69, 9.17) is 0 Å². The molecular weight excluding hydrogens is 290 g/mol. The number of aliphatic hydroxyl groups excluding tert-OH is 1. The van der Waals surface area contributed by atoms with Crippen molar-refractivity contribution >= 4 is 11.8 Å². The summed E-state index contributed by atoms with van der Waals surface area (Å²) in [7, 11) is 0. The fourth-order valence-corrected chi connectivity index (χ4v) is 4.18. The Kier molecular flexibility index (Phi) is 4.35. The highest BCUT2D eigenvalue weighted by Crippen LogP contribution is 2.48. The number of nitrogens with zero attached hydrogens (tertiary/aromatic N) is 1. The topological polar surface area (TPSA) is 57.6 Å². The first-order valence-electron chi connectivity index (χ1n) is 8.32. The summed E-state index contributed by atoms with van der Waals surface area (Å²) >= 11 is 0. The number of amides is 2. The van der Waals surface area contributed by atoms with Crippen molar-refractivity contribution in [1.82, 2.24) is 4.90 Å². The Labute approximate surface area is 136 Å². The largest absolute Gasteiger partial charge is 0.392 e. The van der Waals surface area contributed by atoms with E-state index in [1.807, 2.05) is 25.1 Å². The number of imide groups is 1. The van der Waals surface area contributed by atoms with Crippen LogP contribution < -0.4 is 0 Å². The lowest BCUT2D eigenvalue weighted by atomic mass is 9.79. The van der Waals surface area contributed by atoms with Crippen LogP contribution in [0.15, 0.2) is 41.5 Å². The van der Waals surface area contributed by atoms with E-state index in [9.17, 15) is 14.7 Å². The van der Waals surface area contributed by atoms with Gasteiger partial charge in [0.2, 0.25) is 5.91 Å². The van der Waals surface area contributed by atoms with Crippen LogP contribution in [0.1, 0.15) is 55.8 Å². The number of likely N-dealkylation sites (tertiary alicyclic amines) is 1. The molecule has 2 fully saturated rings. The van der Waals surface area contributed by atoms with Gasteiger partial charge in [-0.3, -0.25) is 14.5 Å². The lowest BCUT2D eigenvalue weighted by Crippen LogP contribution is -2.57. The maximum Gasteiger partial charge on any atom is 0.261 e. The molecule has 1 aliphatic carbocycles. The minimum Gasteiger partial charge on any atom is -0.392 e. The molecule has 1 atom stereocenters. The first-order chi connectivity index (χ1) is 11.1. The third-order valence-electron chi connectivity index (χ3n) is 5.21. The van der Waals surface area contributed by atoms with Crippen LogP contribution in [0.3, 0.4) is 0 Å². The van der Waals surface area contributed by atoms with Crippen molar-refractivity contribution < 1.29 is 14.7 Å². The fraction of sp³-hybridized carbons (Fsp3) is 0.474. The second-order valence-corrected chi connectivity index (χ2v) is 6.56. The normalized spacial score (nSPS) is 26.7. The third-order valence-corrected chi connectivity index (χ3v) is 5.21. The molecule has 4 heteroatoms. The van der Waals surface area contributed by atoms with Crippen LogP contribution in [-0.2, 0) is 4.79 Å². The summed E-state index contributed by atoms with van der Waals surface area (Å²) in [5, 5.41) is 9.57. The molecule has 1 saturated carbocycles. The Morgan fingerprint density at radius 1 is 1.17 bits per heavy atom. The summed E-state index contributed by atoms with van der Waals surface area (Å²) < 4.78 is 0. The number of aliphatic hydroxyl groups is 1. The van der Waals surface area contributed by atoms with E-state index in [1.54, 1.807) is 12.1 Å². The lowest BCUT2D eigenvalue weighted by molar-refractivity contribution is -0.135. The Morgan fingerprint density at radius 2 is 1.83 bits per heavy atom. The minimum absolute atomic E-state index is 0.0152. The molecule has 1 N–H and O–H groups in total. The van der Waals surface area contributed by atoms with Crippen molar-refractivity contribution in [3.05, 3.63) is 47.0 Å². The summed E-state index contributed by atoms with van der Waals surface area (Å²) in [6, 6.07) is 9.02. The average Bonchev–Trinajstić information content (AvgIpc) is 2.98. The van der Waals surface area contributed by atoms with E-state index in [2.05, 4.69) is 0 Å². The maximum absolute atomic E-state index is 13.0. The van der Waals surface area contributed by atoms with Crippen LogP contribution in [0.2, 0.25) is 0 Å². The molecule has 1 saturated heterocycles. The van der Waals surface area contributed by atoms with Crippen LogP contribution >= 0.6 is 0 Å². The Hall–Kier alpha value is -1.94. The van der Waals surface area contributed by atoms with Gasteiger partial charge in [0, 0.05) is 12.0 Å². The van der Waals surface area contributed by atoms with Crippen molar-refractivity contribution in [3.63, 3.8) is 0 Å². The molecule has 23 heavy (non-hydrogen) atoms. The second kappa shape index (κ2) is 6.28. The van der Waals surface area contributed by atoms with Gasteiger partial charge in [0.15, 0.2) is 0 Å². The third kappa shape index (κ3) is 2.61. The van der Waals surface area contributed by atoms with Crippen molar-refractivity contribution in [1.29, 1.82) is 0 Å². The van der Waals surface area contributed by atoms with Crippen molar-refractivity contribution in [2.24, 2.45) is 0 Å². The molecule has 0 unspecified atom stereocenters. The molecule has 1 spiro atoms. The highest BCUT2D eigenvalue weighted by atomic mass is 16.3. The summed E-state index contributed by atoms with van der Waals surface area (Å²) in [5.74, 6) is -0.296. The van der Waals surface area contributed by atoms with Gasteiger partial charge in [-0.25, -0.2) is 0 Å². The van der Waals surface area contributed by atoms with Crippen molar-refractivity contribution in [2.75, 3.05) is 6.61 Å². The quantitative estimate of drug-likeness (QED) is 0.674. The summed E-state index contributed by atoms with van der Waals surface area (Å²) in [4.78, 5) is 27.2. The molecule has 0 bridgehead atoms. The molecule has 3 rings (SSSR count). The zero-order chi connectivity index (χ0) is 16.4. The highest BCUT2D eigenvalue weighted by Gasteiger charge is 2.50. The summed E-state index contributed by atoms with van der Waals surface area (Å²) in [6.45, 7) is 1.89. The Morgan fingerprint density at radius 3 is 2.48 bits per heavy atom. The lowest BCUT2D eigenvalue weighted by Gasteiger charge is -2.45. The highest BCUT2D eigenvalue weighted by molar-refractivity contribution is 6.06. The second-order valence-electron chi connectivity index (χ2n) is 6.56. The SMILES string of the molecule is C/C(CO)=C1/CCC[C@@]12CCCC(=O)N2C(=O)c1ccccc1. The molecule has 122 valence electrons. The van der Waals surface area contributed by atoms with E-state index < -0.39 is 5.54 Å². The molecule has 0 radical (unpaired) electrons. The van der Waals surface area contributed by atoms with E-state index >= 15 is 0 Å². The molecule has 0 aromatic heterocycles. The van der Waals surface area contributed by atoms with Crippen molar-refractivity contribution in [2.45, 2.75) is 51.0 Å². The Bertz CT molecular complexity index is 650. The number of hydrogen-bond donors (Lipinski definition) is 1. The van der Waals surface area contributed by atoms with Crippen LogP contribution in [0.25, 0.3) is 0 Å². The molecule has 2 aliphatic rings. The average molecular weight is 313 g/mol. The number of piperidine rings is 1. The van der Waals surface area contributed by atoms with Gasteiger partial charge in [0.25, 0.3) is 5.91 Å². The van der Waals surface area contributed by atoms with Gasteiger partial charge in [-0.05, 0) is 62.3 Å². The fourth-order valence-electron chi connectivity index (χ4n) is 4.18. The van der Waals surface area contributed by atoms with E-state index in [-0.39, 0.29) is 18.4 Å². The van der Waals surface area contributed by atoms with Crippen LogP contribution in [0.4, 0.5) is 0 Å². The minimum atomic E-state index is -0.519. The molecule has 1 aromatic carbocycles. The van der Waals surface area contributed by atoms with Crippen molar-refractivity contribution in [3.8, 4) is 0 Å². The van der Waals surface area contributed by atoms with E-state index in [0.29, 0.717) is 12.0 Å². The van der Waals surface area contributed by atoms with E-state index in [1.165, 1.54) is 4.90 Å². The number of rotatable bonds is 2. The molecule has 1 aromatic rings. The molecule has 4 nitrogen and oxygen atoms in total. The molecular formula is C19H23NO3. The van der Waals surface area contributed by atoms with Gasteiger partial charge >= 0.3 is 0 Å². The summed E-state index contributed by atoms with van der Waals surface area (Å²) in [5.41, 5.74) is 2.03. The van der Waals surface area contributed by atoms with Gasteiger partial charge in [-0.1, -0.05) is 18.2 Å². The predicted octanol–water partition coefficient (Wildman–Crippen LogP) is 3.07. The van der Waals surface area contributed by atoms with Gasteiger partial charge in [-0.2, -0.15) is 0 Å². The van der Waals surface area contributed by atoms with Crippen LogP contribution in [-0.4, -0.2) is 34.0 Å². The molecule has 1 aliphatic heterocycles. The Balaban J connectivity index is 2.07. The summed E-state index contributed by atoms with van der Waals surface area (Å²) in [6.07, 6.45) is 4.66. The monoisotopic (exact) mass is 313 g/mol. The first kappa shape index (κ1) is 15.9. The number of benzene rings is 1. The molecule has 2 amide bonds. The smallest absolute Gasteiger partial charge is 0.261 e. The predicted molar refractivity (Wildman–Crippen MR) is 87.8 cm³/mol. The van der Waals surface area contributed by atoms with Gasteiger partial charge in [0.05, 0.1) is 12.1 Å². The zero-order valence-corrected chi connectivity index (χ0v) is 13.5. The standard InChI is InChI=1S/C19H23NO3/c1-14(13-21)16-9-5-11-19(16)12-6-10-17(22)20(19)18(23)15-7-3-2-4-8-15/h2-4,7-8,21H,5-6,9-13H2,1H3/b16-14+/t19-/m1/s1. The van der Waals surface area contributed by atoms with Gasteiger partial charge in [0.1, 0.15) is 0 Å². The van der Waals surface area contributed by atoms with Crippen LogP contribution in [0.5, 0.6) is 0 Å². The first-order valence-corrected chi connectivity index (χ1v) is 8.32.